The van der Waals surface area contributed by atoms with Crippen LogP contribution in [-0.4, -0.2) is 33.5 Å². The van der Waals surface area contributed by atoms with E-state index in [2.05, 4.69) is 10.2 Å². The highest BCUT2D eigenvalue weighted by molar-refractivity contribution is 8.13. The lowest BCUT2D eigenvalue weighted by Crippen LogP contribution is -2.25. The molecule has 0 bridgehead atoms. The lowest BCUT2D eigenvalue weighted by molar-refractivity contribution is -0.117. The molecule has 1 atom stereocenters. The van der Waals surface area contributed by atoms with Gasteiger partial charge >= 0.3 is 6.01 Å². The van der Waals surface area contributed by atoms with Crippen LogP contribution in [0, 0.1) is 5.92 Å². The van der Waals surface area contributed by atoms with Gasteiger partial charge in [0.15, 0.2) is 10.9 Å². The van der Waals surface area contributed by atoms with E-state index in [1.165, 1.54) is 29.8 Å². The largest absolute Gasteiger partial charge is 0.459 e. The lowest BCUT2D eigenvalue weighted by Gasteiger charge is -2.10. The number of carbonyl (C=O) groups is 2. The van der Waals surface area contributed by atoms with Crippen LogP contribution in [0.4, 0.5) is 6.01 Å². The average molecular weight is 307 g/mol. The molecule has 1 fully saturated rings. The minimum Gasteiger partial charge on any atom is -0.459 e. The number of amides is 1. The summed E-state index contributed by atoms with van der Waals surface area (Å²) in [6.07, 6.45) is 1.90. The van der Waals surface area contributed by atoms with Crippen molar-refractivity contribution in [3.8, 4) is 11.7 Å². The van der Waals surface area contributed by atoms with Crippen molar-refractivity contribution in [3.63, 3.8) is 0 Å². The molecule has 7 nitrogen and oxygen atoms in total. The van der Waals surface area contributed by atoms with Crippen LogP contribution in [0.15, 0.2) is 27.2 Å². The maximum Gasteiger partial charge on any atom is 0.325 e. The van der Waals surface area contributed by atoms with E-state index in [0.717, 1.165) is 0 Å². The molecule has 2 aromatic rings. The molecule has 1 amide bonds. The second-order valence-electron chi connectivity index (χ2n) is 4.74. The van der Waals surface area contributed by atoms with Gasteiger partial charge in [0.05, 0.1) is 6.26 Å². The highest BCUT2D eigenvalue weighted by Gasteiger charge is 2.34. The normalized spacial score (nSPS) is 18.4. The molecule has 3 rings (SSSR count). The summed E-state index contributed by atoms with van der Waals surface area (Å²) in [7, 11) is 0. The minimum atomic E-state index is -0.0706. The van der Waals surface area contributed by atoms with Crippen LogP contribution in [0.3, 0.4) is 0 Å². The predicted octanol–water partition coefficient (Wildman–Crippen LogP) is 1.96. The standard InChI is InChI=1S/C13H13N3O4S/c1-8(17)21-7-9-5-11(18)16(6-9)13-15-14-12(20-13)10-3-2-4-19-10/h2-4,9H,5-7H2,1H3. The van der Waals surface area contributed by atoms with Gasteiger partial charge in [0.2, 0.25) is 5.91 Å². The predicted molar refractivity (Wildman–Crippen MR) is 75.6 cm³/mol. The molecule has 0 radical (unpaired) electrons. The van der Waals surface area contributed by atoms with E-state index < -0.39 is 0 Å². The number of carbonyl (C=O) groups excluding carboxylic acids is 2. The van der Waals surface area contributed by atoms with Gasteiger partial charge in [-0.25, -0.2) is 0 Å². The Morgan fingerprint density at radius 3 is 3.10 bits per heavy atom. The van der Waals surface area contributed by atoms with Crippen molar-refractivity contribution in [1.29, 1.82) is 0 Å². The Morgan fingerprint density at radius 1 is 1.52 bits per heavy atom. The summed E-state index contributed by atoms with van der Waals surface area (Å²) in [6.45, 7) is 2.01. The first-order chi connectivity index (χ1) is 10.1. The zero-order valence-corrected chi connectivity index (χ0v) is 12.1. The summed E-state index contributed by atoms with van der Waals surface area (Å²) in [5.74, 6) is 1.37. The van der Waals surface area contributed by atoms with Crippen molar-refractivity contribution < 1.29 is 18.4 Å². The molecule has 0 aromatic carbocycles. The molecule has 1 aliphatic heterocycles. The molecular weight excluding hydrogens is 294 g/mol. The smallest absolute Gasteiger partial charge is 0.325 e. The summed E-state index contributed by atoms with van der Waals surface area (Å²) in [4.78, 5) is 24.5. The molecular formula is C13H13N3O4S. The van der Waals surface area contributed by atoms with Crippen LogP contribution in [0.2, 0.25) is 0 Å². The van der Waals surface area contributed by atoms with Gasteiger partial charge in [-0.3, -0.25) is 14.5 Å². The first kappa shape index (κ1) is 13.9. The van der Waals surface area contributed by atoms with E-state index >= 15 is 0 Å². The Hall–Kier alpha value is -2.09. The van der Waals surface area contributed by atoms with Crippen LogP contribution >= 0.6 is 11.8 Å². The van der Waals surface area contributed by atoms with Gasteiger partial charge < -0.3 is 8.83 Å². The van der Waals surface area contributed by atoms with E-state index in [-0.39, 0.29) is 28.8 Å². The van der Waals surface area contributed by atoms with Crippen molar-refractivity contribution in [2.75, 3.05) is 17.2 Å². The molecule has 3 heterocycles. The number of nitrogens with zero attached hydrogens (tertiary/aromatic N) is 3. The summed E-state index contributed by atoms with van der Waals surface area (Å²) in [5, 5.41) is 7.82. The fourth-order valence-electron chi connectivity index (χ4n) is 2.14. The van der Waals surface area contributed by atoms with Crippen molar-refractivity contribution >= 4 is 28.8 Å². The number of hydrogen-bond acceptors (Lipinski definition) is 7. The van der Waals surface area contributed by atoms with Crippen LogP contribution in [0.25, 0.3) is 11.7 Å². The molecule has 8 heteroatoms. The fraction of sp³-hybridized carbons (Fsp3) is 0.385. The lowest BCUT2D eigenvalue weighted by atomic mass is 10.1. The van der Waals surface area contributed by atoms with Gasteiger partial charge in [-0.05, 0) is 18.1 Å². The number of thioether (sulfide) groups is 1. The van der Waals surface area contributed by atoms with Gasteiger partial charge in [-0.1, -0.05) is 16.9 Å². The molecule has 1 aliphatic rings. The Labute approximate surface area is 124 Å². The highest BCUT2D eigenvalue weighted by Crippen LogP contribution is 2.28. The van der Waals surface area contributed by atoms with Gasteiger partial charge in [-0.15, -0.1) is 5.10 Å². The van der Waals surface area contributed by atoms with Crippen LogP contribution in [0.1, 0.15) is 13.3 Å². The van der Waals surface area contributed by atoms with E-state index in [4.69, 9.17) is 8.83 Å². The number of anilines is 1. The molecule has 1 unspecified atom stereocenters. The Morgan fingerprint density at radius 2 is 2.38 bits per heavy atom. The van der Waals surface area contributed by atoms with E-state index in [0.29, 0.717) is 24.5 Å². The fourth-order valence-corrected chi connectivity index (χ4v) is 2.83. The minimum absolute atomic E-state index is 0.0544. The van der Waals surface area contributed by atoms with Crippen LogP contribution < -0.4 is 4.90 Å². The van der Waals surface area contributed by atoms with Gasteiger partial charge in [0.1, 0.15) is 0 Å². The SMILES string of the molecule is CC(=O)SCC1CC(=O)N(c2nnc(-c3ccco3)o2)C1. The zero-order chi connectivity index (χ0) is 14.8. The number of furan rings is 1. The Kier molecular flexibility index (Phi) is 3.78. The van der Waals surface area contributed by atoms with Crippen molar-refractivity contribution in [2.24, 2.45) is 5.92 Å². The van der Waals surface area contributed by atoms with Crippen molar-refractivity contribution in [1.82, 2.24) is 10.2 Å². The van der Waals surface area contributed by atoms with Gasteiger partial charge in [-0.2, -0.15) is 0 Å². The third-order valence-electron chi connectivity index (χ3n) is 3.10. The third kappa shape index (κ3) is 2.99. The molecule has 110 valence electrons. The molecule has 21 heavy (non-hydrogen) atoms. The molecule has 0 aliphatic carbocycles. The monoisotopic (exact) mass is 307 g/mol. The quantitative estimate of drug-likeness (QED) is 0.852. The maximum absolute atomic E-state index is 12.0. The average Bonchev–Trinajstić information content (AvgIpc) is 3.16. The van der Waals surface area contributed by atoms with Gasteiger partial charge in [0.25, 0.3) is 5.89 Å². The second-order valence-corrected chi connectivity index (χ2v) is 5.94. The summed E-state index contributed by atoms with van der Waals surface area (Å²) < 4.78 is 10.6. The maximum atomic E-state index is 12.0. The number of rotatable bonds is 4. The van der Waals surface area contributed by atoms with E-state index in [1.54, 1.807) is 12.1 Å². The van der Waals surface area contributed by atoms with Crippen molar-refractivity contribution in [2.45, 2.75) is 13.3 Å². The third-order valence-corrected chi connectivity index (χ3v) is 4.15. The number of hydrogen-bond donors (Lipinski definition) is 0. The van der Waals surface area contributed by atoms with E-state index in [9.17, 15) is 9.59 Å². The molecule has 1 saturated heterocycles. The second kappa shape index (κ2) is 5.72. The van der Waals surface area contributed by atoms with E-state index in [1.807, 2.05) is 0 Å². The molecule has 0 N–H and O–H groups in total. The highest BCUT2D eigenvalue weighted by atomic mass is 32.2. The van der Waals surface area contributed by atoms with Crippen molar-refractivity contribution in [3.05, 3.63) is 18.4 Å². The Balaban J connectivity index is 1.70. The topological polar surface area (TPSA) is 89.4 Å². The number of aromatic nitrogens is 2. The molecule has 0 saturated carbocycles. The molecule has 2 aromatic heterocycles. The summed E-state index contributed by atoms with van der Waals surface area (Å²) in [6, 6.07) is 3.59. The summed E-state index contributed by atoms with van der Waals surface area (Å²) in [5.41, 5.74) is 0. The molecule has 0 spiro atoms. The first-order valence-electron chi connectivity index (χ1n) is 6.44. The van der Waals surface area contributed by atoms with Gasteiger partial charge in [0, 0.05) is 25.6 Å². The first-order valence-corrected chi connectivity index (χ1v) is 7.43. The zero-order valence-electron chi connectivity index (χ0n) is 11.3. The van der Waals surface area contributed by atoms with Crippen LogP contribution in [0.5, 0.6) is 0 Å². The summed E-state index contributed by atoms with van der Waals surface area (Å²) >= 11 is 1.23. The van der Waals surface area contributed by atoms with Crippen LogP contribution in [-0.2, 0) is 9.59 Å². The Bertz CT molecular complexity index is 652.